The van der Waals surface area contributed by atoms with Gasteiger partial charge in [0.05, 0.1) is 7.11 Å². The standard InChI is InChI=1S/C17H28N2O/c1-12-11-16(13(2)14(3)17(12)20-5)15(4)19-9-6-7-18-8-10-19/h11,15,18H,6-10H2,1-5H3. The normalized spacial score (nSPS) is 18.6. The molecule has 1 aromatic carbocycles. The maximum absolute atomic E-state index is 5.53. The van der Waals surface area contributed by atoms with Crippen molar-refractivity contribution < 1.29 is 4.74 Å². The zero-order chi connectivity index (χ0) is 14.7. The van der Waals surface area contributed by atoms with Crippen molar-refractivity contribution in [3.05, 3.63) is 28.3 Å². The van der Waals surface area contributed by atoms with E-state index in [0.29, 0.717) is 6.04 Å². The summed E-state index contributed by atoms with van der Waals surface area (Å²) < 4.78 is 5.53. The fraction of sp³-hybridized carbons (Fsp3) is 0.647. The smallest absolute Gasteiger partial charge is 0.124 e. The van der Waals surface area contributed by atoms with E-state index in [9.17, 15) is 0 Å². The molecule has 0 aromatic heterocycles. The fourth-order valence-corrected chi connectivity index (χ4v) is 3.29. The molecule has 0 spiro atoms. The molecule has 1 fully saturated rings. The van der Waals surface area contributed by atoms with Gasteiger partial charge >= 0.3 is 0 Å². The van der Waals surface area contributed by atoms with Gasteiger partial charge in [0.2, 0.25) is 0 Å². The molecule has 1 heterocycles. The lowest BCUT2D eigenvalue weighted by molar-refractivity contribution is 0.224. The van der Waals surface area contributed by atoms with Crippen LogP contribution in [-0.4, -0.2) is 38.2 Å². The SMILES string of the molecule is COc1c(C)cc(C(C)N2CCCNCC2)c(C)c1C. The molecule has 1 atom stereocenters. The van der Waals surface area contributed by atoms with E-state index in [1.807, 2.05) is 0 Å². The van der Waals surface area contributed by atoms with Crippen LogP contribution in [0.3, 0.4) is 0 Å². The average Bonchev–Trinajstić information content (AvgIpc) is 2.71. The minimum atomic E-state index is 0.471. The van der Waals surface area contributed by atoms with Gasteiger partial charge in [0.25, 0.3) is 0 Å². The summed E-state index contributed by atoms with van der Waals surface area (Å²) in [7, 11) is 1.76. The van der Waals surface area contributed by atoms with Gasteiger partial charge in [-0.2, -0.15) is 0 Å². The number of hydrogen-bond donors (Lipinski definition) is 1. The molecule has 2 rings (SSSR count). The van der Waals surface area contributed by atoms with Crippen molar-refractivity contribution >= 4 is 0 Å². The van der Waals surface area contributed by atoms with E-state index in [-0.39, 0.29) is 0 Å². The predicted octanol–water partition coefficient (Wildman–Crippen LogP) is 2.98. The molecule has 1 aromatic rings. The first-order valence-electron chi connectivity index (χ1n) is 7.65. The highest BCUT2D eigenvalue weighted by atomic mass is 16.5. The minimum absolute atomic E-state index is 0.471. The summed E-state index contributed by atoms with van der Waals surface area (Å²) in [6, 6.07) is 2.78. The van der Waals surface area contributed by atoms with E-state index >= 15 is 0 Å². The van der Waals surface area contributed by atoms with Crippen LogP contribution in [0.5, 0.6) is 5.75 Å². The molecular formula is C17H28N2O. The molecule has 1 aliphatic heterocycles. The van der Waals surface area contributed by atoms with Crippen LogP contribution in [0, 0.1) is 20.8 Å². The van der Waals surface area contributed by atoms with Gasteiger partial charge in [-0.25, -0.2) is 0 Å². The van der Waals surface area contributed by atoms with Crippen LogP contribution in [0.2, 0.25) is 0 Å². The van der Waals surface area contributed by atoms with Gasteiger partial charge < -0.3 is 10.1 Å². The maximum Gasteiger partial charge on any atom is 0.124 e. The summed E-state index contributed by atoms with van der Waals surface area (Å²) in [5.74, 6) is 1.04. The van der Waals surface area contributed by atoms with Crippen molar-refractivity contribution in [3.63, 3.8) is 0 Å². The van der Waals surface area contributed by atoms with E-state index in [1.54, 1.807) is 7.11 Å². The van der Waals surface area contributed by atoms with Gasteiger partial charge in [0.1, 0.15) is 5.75 Å². The first-order valence-corrected chi connectivity index (χ1v) is 7.65. The molecule has 0 radical (unpaired) electrons. The van der Waals surface area contributed by atoms with Crippen molar-refractivity contribution in [3.8, 4) is 5.75 Å². The molecule has 0 aliphatic carbocycles. The zero-order valence-electron chi connectivity index (χ0n) is 13.5. The Balaban J connectivity index is 2.31. The van der Waals surface area contributed by atoms with Gasteiger partial charge in [-0.15, -0.1) is 0 Å². The Morgan fingerprint density at radius 1 is 1.15 bits per heavy atom. The summed E-state index contributed by atoms with van der Waals surface area (Å²) >= 11 is 0. The Labute approximate surface area is 123 Å². The largest absolute Gasteiger partial charge is 0.496 e. The van der Waals surface area contributed by atoms with E-state index in [1.165, 1.54) is 35.2 Å². The van der Waals surface area contributed by atoms with Crippen molar-refractivity contribution in [1.82, 2.24) is 10.2 Å². The predicted molar refractivity (Wildman–Crippen MR) is 84.7 cm³/mol. The highest BCUT2D eigenvalue weighted by molar-refractivity contribution is 5.49. The lowest BCUT2D eigenvalue weighted by atomic mass is 9.93. The first kappa shape index (κ1) is 15.3. The van der Waals surface area contributed by atoms with Crippen LogP contribution in [0.4, 0.5) is 0 Å². The monoisotopic (exact) mass is 276 g/mol. The number of nitrogens with zero attached hydrogens (tertiary/aromatic N) is 1. The number of nitrogens with one attached hydrogen (secondary N) is 1. The maximum atomic E-state index is 5.53. The second kappa shape index (κ2) is 6.59. The van der Waals surface area contributed by atoms with Gasteiger partial charge in [0, 0.05) is 19.1 Å². The Hall–Kier alpha value is -1.06. The fourth-order valence-electron chi connectivity index (χ4n) is 3.29. The molecule has 112 valence electrons. The molecule has 1 N–H and O–H groups in total. The molecule has 0 saturated carbocycles. The third kappa shape index (κ3) is 2.99. The summed E-state index contributed by atoms with van der Waals surface area (Å²) in [6.07, 6.45) is 1.23. The Kier molecular flexibility index (Phi) is 5.06. The first-order chi connectivity index (χ1) is 9.56. The molecule has 20 heavy (non-hydrogen) atoms. The van der Waals surface area contributed by atoms with E-state index < -0.39 is 0 Å². The average molecular weight is 276 g/mol. The highest BCUT2D eigenvalue weighted by Crippen LogP contribution is 2.33. The van der Waals surface area contributed by atoms with Crippen molar-refractivity contribution in [2.45, 2.75) is 40.2 Å². The lowest BCUT2D eigenvalue weighted by Crippen LogP contribution is -2.31. The second-order valence-corrected chi connectivity index (χ2v) is 5.88. The third-order valence-electron chi connectivity index (χ3n) is 4.64. The van der Waals surface area contributed by atoms with Gasteiger partial charge in [-0.3, -0.25) is 4.90 Å². The van der Waals surface area contributed by atoms with Crippen LogP contribution in [-0.2, 0) is 0 Å². The number of methoxy groups -OCH3 is 1. The minimum Gasteiger partial charge on any atom is -0.496 e. The highest BCUT2D eigenvalue weighted by Gasteiger charge is 2.21. The molecular weight excluding hydrogens is 248 g/mol. The number of ether oxygens (including phenoxy) is 1. The quantitative estimate of drug-likeness (QED) is 0.918. The molecule has 1 aliphatic rings. The summed E-state index contributed by atoms with van der Waals surface area (Å²) in [5, 5.41) is 3.48. The van der Waals surface area contributed by atoms with Crippen LogP contribution < -0.4 is 10.1 Å². The number of benzene rings is 1. The van der Waals surface area contributed by atoms with Crippen LogP contribution in [0.1, 0.15) is 41.6 Å². The van der Waals surface area contributed by atoms with Crippen molar-refractivity contribution in [1.29, 1.82) is 0 Å². The number of aryl methyl sites for hydroxylation is 1. The van der Waals surface area contributed by atoms with Gasteiger partial charge in [0.15, 0.2) is 0 Å². The molecule has 3 nitrogen and oxygen atoms in total. The topological polar surface area (TPSA) is 24.5 Å². The van der Waals surface area contributed by atoms with Crippen LogP contribution in [0.15, 0.2) is 6.07 Å². The Morgan fingerprint density at radius 2 is 1.90 bits per heavy atom. The Bertz CT molecular complexity index is 463. The van der Waals surface area contributed by atoms with E-state index in [0.717, 1.165) is 25.4 Å². The zero-order valence-corrected chi connectivity index (χ0v) is 13.5. The summed E-state index contributed by atoms with van der Waals surface area (Å²) in [6.45, 7) is 13.4. The lowest BCUT2D eigenvalue weighted by Gasteiger charge is -2.30. The summed E-state index contributed by atoms with van der Waals surface area (Å²) in [4.78, 5) is 2.59. The summed E-state index contributed by atoms with van der Waals surface area (Å²) in [5.41, 5.74) is 5.34. The molecule has 1 unspecified atom stereocenters. The number of hydrogen-bond acceptors (Lipinski definition) is 3. The van der Waals surface area contributed by atoms with Crippen LogP contribution >= 0.6 is 0 Å². The van der Waals surface area contributed by atoms with Crippen LogP contribution in [0.25, 0.3) is 0 Å². The number of rotatable bonds is 3. The van der Waals surface area contributed by atoms with E-state index in [4.69, 9.17) is 4.74 Å². The Morgan fingerprint density at radius 3 is 2.60 bits per heavy atom. The second-order valence-electron chi connectivity index (χ2n) is 5.88. The van der Waals surface area contributed by atoms with Crippen molar-refractivity contribution in [2.75, 3.05) is 33.3 Å². The molecule has 0 amide bonds. The van der Waals surface area contributed by atoms with Gasteiger partial charge in [-0.1, -0.05) is 6.07 Å². The van der Waals surface area contributed by atoms with E-state index in [2.05, 4.69) is 44.0 Å². The third-order valence-corrected chi connectivity index (χ3v) is 4.64. The molecule has 1 saturated heterocycles. The van der Waals surface area contributed by atoms with Gasteiger partial charge in [-0.05, 0) is 69.5 Å². The van der Waals surface area contributed by atoms with Crippen molar-refractivity contribution in [2.24, 2.45) is 0 Å². The molecule has 3 heteroatoms. The molecule has 0 bridgehead atoms.